The highest BCUT2D eigenvalue weighted by molar-refractivity contribution is 5.94. The second-order valence-electron chi connectivity index (χ2n) is 13.7. The minimum Gasteiger partial charge on any atom is -0.472 e. The van der Waals surface area contributed by atoms with Crippen LogP contribution in [-0.4, -0.2) is 63.9 Å². The fourth-order valence-corrected chi connectivity index (χ4v) is 10.9. The van der Waals surface area contributed by atoms with E-state index in [4.69, 9.17) is 23.4 Å². The molecule has 0 aromatic carbocycles. The van der Waals surface area contributed by atoms with Crippen LogP contribution in [-0.2, 0) is 38.1 Å². The smallest absolute Gasteiger partial charge is 0.303 e. The molecular weight excluding hydrogens is 520 g/mol. The highest BCUT2D eigenvalue weighted by atomic mass is 16.7. The van der Waals surface area contributed by atoms with Crippen LogP contribution < -0.4 is 0 Å². The van der Waals surface area contributed by atoms with Gasteiger partial charge < -0.3 is 28.5 Å². The molecule has 40 heavy (non-hydrogen) atoms. The Hall–Kier alpha value is -2.56. The fraction of sp³-hybridized carbons (Fsp3) is 0.733. The number of Topliss-reactive ketones (excluding diaryl/α,β-unsaturated/α-hetero) is 2. The summed E-state index contributed by atoms with van der Waals surface area (Å²) in [6.45, 7) is 9.93. The zero-order valence-electron chi connectivity index (χ0n) is 23.6. The Morgan fingerprint density at radius 2 is 1.75 bits per heavy atom. The summed E-state index contributed by atoms with van der Waals surface area (Å²) in [4.78, 5) is 53.7. The van der Waals surface area contributed by atoms with Crippen molar-refractivity contribution in [1.82, 2.24) is 0 Å². The predicted octanol–water partition coefficient (Wildman–Crippen LogP) is 2.85. The van der Waals surface area contributed by atoms with Gasteiger partial charge in [-0.05, 0) is 45.2 Å². The lowest BCUT2D eigenvalue weighted by Gasteiger charge is -2.66. The van der Waals surface area contributed by atoms with E-state index in [9.17, 15) is 24.3 Å². The first-order chi connectivity index (χ1) is 18.6. The molecule has 2 aliphatic heterocycles. The predicted molar refractivity (Wildman–Crippen MR) is 134 cm³/mol. The van der Waals surface area contributed by atoms with E-state index in [2.05, 4.69) is 0 Å². The number of esters is 2. The molecule has 216 valence electrons. The molecule has 11 unspecified atom stereocenters. The Bertz CT molecular complexity index is 1350. The van der Waals surface area contributed by atoms with Crippen LogP contribution in [0.2, 0.25) is 0 Å². The van der Waals surface area contributed by atoms with Gasteiger partial charge in [0.2, 0.25) is 5.79 Å². The lowest BCUT2D eigenvalue weighted by Crippen LogP contribution is -2.78. The number of fused-ring (bicyclic) bond motifs is 1. The lowest BCUT2D eigenvalue weighted by molar-refractivity contribution is -0.294. The number of rotatable bonds is 3. The second-order valence-corrected chi connectivity index (χ2v) is 13.7. The maximum absolute atomic E-state index is 14.7. The third kappa shape index (κ3) is 2.55. The van der Waals surface area contributed by atoms with Gasteiger partial charge in [-0.25, -0.2) is 0 Å². The van der Waals surface area contributed by atoms with Crippen molar-refractivity contribution in [3.05, 3.63) is 24.2 Å². The van der Waals surface area contributed by atoms with Gasteiger partial charge >= 0.3 is 11.9 Å². The number of aliphatic hydroxyl groups is 1. The van der Waals surface area contributed by atoms with Gasteiger partial charge in [-0.1, -0.05) is 6.92 Å². The van der Waals surface area contributed by atoms with E-state index in [0.717, 1.165) is 5.56 Å². The topological polar surface area (TPSA) is 142 Å². The first-order valence-electron chi connectivity index (χ1n) is 14.2. The summed E-state index contributed by atoms with van der Waals surface area (Å²) in [5, 5.41) is 12.2. The van der Waals surface area contributed by atoms with Crippen molar-refractivity contribution in [2.45, 2.75) is 108 Å². The third-order valence-electron chi connectivity index (χ3n) is 12.0. The van der Waals surface area contributed by atoms with Gasteiger partial charge in [-0.3, -0.25) is 19.2 Å². The molecule has 4 saturated carbocycles. The number of ether oxygens (including phenoxy) is 4. The van der Waals surface area contributed by atoms with Gasteiger partial charge in [0, 0.05) is 55.3 Å². The van der Waals surface area contributed by atoms with Crippen LogP contribution in [0.3, 0.4) is 0 Å². The molecule has 0 radical (unpaired) electrons. The molecule has 3 heterocycles. The standard InChI is InChI=1S/C30H36O10/c1-14(31)37-22-23-27(6,20(34)12-18-25(3,4)40-30(35)19(33)7-9-28(18,23)30)29-21(39-29)11-17(16-8-10-36-13-16)26(29,5)24(22)38-15(2)32/h8,10,13,17-18,21-24,35H,7,9,11-12H2,1-6H3. The number of carbonyl (C=O) groups excluding carboxylic acids is 4. The number of epoxide rings is 1. The number of hydrogen-bond donors (Lipinski definition) is 1. The van der Waals surface area contributed by atoms with E-state index in [1.807, 2.05) is 19.9 Å². The molecule has 6 aliphatic rings. The molecule has 1 aromatic rings. The molecule has 1 N–H and O–H groups in total. The van der Waals surface area contributed by atoms with E-state index >= 15 is 0 Å². The van der Waals surface area contributed by atoms with Gasteiger partial charge in [0.25, 0.3) is 0 Å². The number of ketones is 2. The molecule has 7 rings (SSSR count). The van der Waals surface area contributed by atoms with Crippen molar-refractivity contribution < 1.29 is 47.6 Å². The van der Waals surface area contributed by atoms with Crippen LogP contribution in [0, 0.1) is 28.1 Å². The summed E-state index contributed by atoms with van der Waals surface area (Å²) in [6, 6.07) is 1.85. The van der Waals surface area contributed by atoms with Crippen molar-refractivity contribution in [3.8, 4) is 0 Å². The molecule has 2 spiro atoms. The van der Waals surface area contributed by atoms with Gasteiger partial charge in [0.05, 0.1) is 29.6 Å². The van der Waals surface area contributed by atoms with Gasteiger partial charge in [0.15, 0.2) is 5.78 Å². The second kappa shape index (κ2) is 7.44. The largest absolute Gasteiger partial charge is 0.472 e. The maximum atomic E-state index is 14.7. The average Bonchev–Trinajstić information content (AvgIpc) is 3.08. The minimum atomic E-state index is -2.19. The maximum Gasteiger partial charge on any atom is 0.303 e. The van der Waals surface area contributed by atoms with Crippen LogP contribution in [0.1, 0.15) is 78.7 Å². The average molecular weight is 557 g/mol. The zero-order chi connectivity index (χ0) is 28.8. The van der Waals surface area contributed by atoms with Crippen molar-refractivity contribution in [2.24, 2.45) is 28.1 Å². The Balaban J connectivity index is 1.54. The van der Waals surface area contributed by atoms with Gasteiger partial charge in [-0.2, -0.15) is 0 Å². The Labute approximate surface area is 232 Å². The van der Waals surface area contributed by atoms with Crippen LogP contribution in [0.25, 0.3) is 0 Å². The van der Waals surface area contributed by atoms with E-state index in [-0.39, 0.29) is 37.1 Å². The third-order valence-corrected chi connectivity index (χ3v) is 12.0. The molecule has 0 bridgehead atoms. The van der Waals surface area contributed by atoms with Crippen LogP contribution in [0.5, 0.6) is 0 Å². The first kappa shape index (κ1) is 26.3. The zero-order valence-corrected chi connectivity index (χ0v) is 23.6. The van der Waals surface area contributed by atoms with E-state index < -0.39 is 75.0 Å². The highest BCUT2D eigenvalue weighted by Crippen LogP contribution is 2.84. The molecule has 1 aromatic heterocycles. The summed E-state index contributed by atoms with van der Waals surface area (Å²) >= 11 is 0. The summed E-state index contributed by atoms with van der Waals surface area (Å²) in [6.07, 6.45) is 1.60. The number of hydrogen-bond acceptors (Lipinski definition) is 10. The highest BCUT2D eigenvalue weighted by Gasteiger charge is 2.94. The van der Waals surface area contributed by atoms with Crippen molar-refractivity contribution in [1.29, 1.82) is 0 Å². The van der Waals surface area contributed by atoms with Crippen LogP contribution in [0.15, 0.2) is 23.0 Å². The minimum absolute atomic E-state index is 0.0566. The number of carbonyl (C=O) groups is 4. The summed E-state index contributed by atoms with van der Waals surface area (Å²) in [7, 11) is 0. The van der Waals surface area contributed by atoms with Crippen LogP contribution in [0.4, 0.5) is 0 Å². The Kier molecular flexibility index (Phi) is 4.90. The fourth-order valence-electron chi connectivity index (χ4n) is 10.9. The molecule has 4 aliphatic carbocycles. The summed E-state index contributed by atoms with van der Waals surface area (Å²) in [5.41, 5.74) is -4.81. The van der Waals surface area contributed by atoms with Gasteiger partial charge in [-0.15, -0.1) is 0 Å². The summed E-state index contributed by atoms with van der Waals surface area (Å²) in [5.74, 6) is -5.62. The van der Waals surface area contributed by atoms with Crippen molar-refractivity contribution in [2.75, 3.05) is 0 Å². The SMILES string of the molecule is CC(=O)OC1C(OC(C)=O)C2(C)C(c3ccoc3)CC3OC32C2(C)C(=O)CC3C(C)(C)OC4(O)C(=O)CCC34C12. The molecule has 0 amide bonds. The Morgan fingerprint density at radius 3 is 2.38 bits per heavy atom. The quantitative estimate of drug-likeness (QED) is 0.436. The normalized spacial score (nSPS) is 51.3. The lowest BCUT2D eigenvalue weighted by atomic mass is 9.36. The molecule has 6 fully saturated rings. The molecule has 10 heteroatoms. The van der Waals surface area contributed by atoms with Crippen molar-refractivity contribution >= 4 is 23.5 Å². The van der Waals surface area contributed by atoms with Crippen molar-refractivity contribution in [3.63, 3.8) is 0 Å². The molecule has 10 nitrogen and oxygen atoms in total. The molecule has 11 atom stereocenters. The van der Waals surface area contributed by atoms with E-state index in [1.165, 1.54) is 13.8 Å². The first-order valence-corrected chi connectivity index (χ1v) is 14.2. The molecule has 2 saturated heterocycles. The monoisotopic (exact) mass is 556 g/mol. The van der Waals surface area contributed by atoms with Gasteiger partial charge in [0.1, 0.15) is 23.6 Å². The van der Waals surface area contributed by atoms with E-state index in [0.29, 0.717) is 6.42 Å². The summed E-state index contributed by atoms with van der Waals surface area (Å²) < 4.78 is 30.5. The van der Waals surface area contributed by atoms with Crippen LogP contribution >= 0.6 is 0 Å². The molecular formula is C30H36O10. The Morgan fingerprint density at radius 1 is 1.05 bits per heavy atom. The van der Waals surface area contributed by atoms with E-state index in [1.54, 1.807) is 26.4 Å². The number of furan rings is 1.